The molecular formula is C12H9ClF3NO3. The quantitative estimate of drug-likeness (QED) is 0.632. The van der Waals surface area contributed by atoms with E-state index in [1.54, 1.807) is 6.07 Å². The third-order valence-electron chi connectivity index (χ3n) is 2.19. The molecule has 0 aliphatic carbocycles. The Labute approximate surface area is 117 Å². The number of nitriles is 1. The molecule has 0 saturated carbocycles. The minimum absolute atomic E-state index is 0.0134. The van der Waals surface area contributed by atoms with Crippen molar-refractivity contribution in [3.63, 3.8) is 0 Å². The predicted octanol–water partition coefficient (Wildman–Crippen LogP) is 3.37. The monoisotopic (exact) mass is 307 g/mol. The van der Waals surface area contributed by atoms with Gasteiger partial charge in [-0.15, -0.1) is 24.8 Å². The number of carbonyl (C=O) groups is 1. The van der Waals surface area contributed by atoms with E-state index < -0.39 is 23.6 Å². The van der Waals surface area contributed by atoms with E-state index in [1.165, 1.54) is 6.92 Å². The second-order valence-electron chi connectivity index (χ2n) is 3.52. The van der Waals surface area contributed by atoms with Crippen molar-refractivity contribution in [1.82, 2.24) is 0 Å². The Balaban J connectivity index is 3.37. The Morgan fingerprint density at radius 1 is 1.45 bits per heavy atom. The van der Waals surface area contributed by atoms with Gasteiger partial charge in [-0.05, 0) is 24.6 Å². The Bertz CT molecular complexity index is 552. The highest BCUT2D eigenvalue weighted by Crippen LogP contribution is 2.30. The van der Waals surface area contributed by atoms with Crippen LogP contribution in [0.15, 0.2) is 12.1 Å². The summed E-state index contributed by atoms with van der Waals surface area (Å²) in [6.45, 7) is 1.49. The summed E-state index contributed by atoms with van der Waals surface area (Å²) in [4.78, 5) is 11.6. The van der Waals surface area contributed by atoms with Gasteiger partial charge in [0.05, 0.1) is 18.2 Å². The molecule has 0 radical (unpaired) electrons. The highest BCUT2D eigenvalue weighted by Gasteiger charge is 2.33. The average molecular weight is 308 g/mol. The zero-order valence-corrected chi connectivity index (χ0v) is 11.0. The lowest BCUT2D eigenvalue weighted by Crippen LogP contribution is -2.20. The molecule has 0 aromatic heterocycles. The number of alkyl halides is 4. The SMILES string of the molecule is CCOC(=O)c1cc(CCl)c(C#N)cc1OC(F)(F)F. The molecule has 4 nitrogen and oxygen atoms in total. The third kappa shape index (κ3) is 4.03. The van der Waals surface area contributed by atoms with Gasteiger partial charge in [-0.1, -0.05) is 0 Å². The van der Waals surface area contributed by atoms with E-state index in [4.69, 9.17) is 16.9 Å². The molecule has 0 fully saturated rings. The first-order chi connectivity index (χ1) is 9.32. The van der Waals surface area contributed by atoms with Crippen LogP contribution in [0.3, 0.4) is 0 Å². The molecule has 20 heavy (non-hydrogen) atoms. The van der Waals surface area contributed by atoms with E-state index in [0.717, 1.165) is 12.1 Å². The van der Waals surface area contributed by atoms with Gasteiger partial charge >= 0.3 is 12.3 Å². The number of halogens is 4. The van der Waals surface area contributed by atoms with Crippen LogP contribution in [0.5, 0.6) is 5.75 Å². The van der Waals surface area contributed by atoms with Gasteiger partial charge in [0.25, 0.3) is 0 Å². The summed E-state index contributed by atoms with van der Waals surface area (Å²) in [5.41, 5.74) is -0.321. The summed E-state index contributed by atoms with van der Waals surface area (Å²) < 4.78 is 45.3. The normalized spacial score (nSPS) is 10.8. The van der Waals surface area contributed by atoms with E-state index in [2.05, 4.69) is 9.47 Å². The van der Waals surface area contributed by atoms with Crippen molar-refractivity contribution in [2.24, 2.45) is 0 Å². The molecule has 0 spiro atoms. The predicted molar refractivity (Wildman–Crippen MR) is 63.4 cm³/mol. The van der Waals surface area contributed by atoms with Crippen LogP contribution in [0.25, 0.3) is 0 Å². The molecule has 108 valence electrons. The molecule has 0 heterocycles. The van der Waals surface area contributed by atoms with E-state index in [9.17, 15) is 18.0 Å². The first-order valence-electron chi connectivity index (χ1n) is 5.38. The van der Waals surface area contributed by atoms with Gasteiger partial charge in [0.15, 0.2) is 0 Å². The van der Waals surface area contributed by atoms with E-state index in [1.807, 2.05) is 0 Å². The van der Waals surface area contributed by atoms with E-state index >= 15 is 0 Å². The molecule has 0 aliphatic heterocycles. The molecule has 0 N–H and O–H groups in total. The molecule has 0 aliphatic rings. The van der Waals surface area contributed by atoms with Gasteiger partial charge in [0.1, 0.15) is 11.3 Å². The molecule has 0 amide bonds. The number of nitrogens with zero attached hydrogens (tertiary/aromatic N) is 1. The van der Waals surface area contributed by atoms with Gasteiger partial charge in [0.2, 0.25) is 0 Å². The van der Waals surface area contributed by atoms with Crippen molar-refractivity contribution in [2.45, 2.75) is 19.2 Å². The Kier molecular flexibility index (Phi) is 5.22. The molecule has 1 aromatic carbocycles. The number of hydrogen-bond donors (Lipinski definition) is 0. The summed E-state index contributed by atoms with van der Waals surface area (Å²) in [6.07, 6.45) is -4.99. The van der Waals surface area contributed by atoms with Crippen LogP contribution in [-0.2, 0) is 10.6 Å². The molecule has 0 unspecified atom stereocenters. The Hall–Kier alpha value is -1.94. The lowest BCUT2D eigenvalue weighted by Gasteiger charge is -2.14. The van der Waals surface area contributed by atoms with Crippen molar-refractivity contribution in [2.75, 3.05) is 6.61 Å². The fraction of sp³-hybridized carbons (Fsp3) is 0.333. The van der Waals surface area contributed by atoms with Gasteiger partial charge in [0, 0.05) is 5.88 Å². The number of rotatable bonds is 4. The van der Waals surface area contributed by atoms with Gasteiger partial charge < -0.3 is 9.47 Å². The van der Waals surface area contributed by atoms with Crippen LogP contribution >= 0.6 is 11.6 Å². The first-order valence-corrected chi connectivity index (χ1v) is 5.91. The number of hydrogen-bond acceptors (Lipinski definition) is 4. The fourth-order valence-electron chi connectivity index (χ4n) is 1.42. The lowest BCUT2D eigenvalue weighted by atomic mass is 10.0. The second kappa shape index (κ2) is 6.48. The van der Waals surface area contributed by atoms with E-state index in [0.29, 0.717) is 0 Å². The van der Waals surface area contributed by atoms with Crippen molar-refractivity contribution in [3.05, 3.63) is 28.8 Å². The highest BCUT2D eigenvalue weighted by atomic mass is 35.5. The Morgan fingerprint density at radius 2 is 2.10 bits per heavy atom. The zero-order chi connectivity index (χ0) is 15.3. The zero-order valence-electron chi connectivity index (χ0n) is 10.3. The largest absolute Gasteiger partial charge is 0.573 e. The smallest absolute Gasteiger partial charge is 0.462 e. The van der Waals surface area contributed by atoms with Crippen molar-refractivity contribution in [3.8, 4) is 11.8 Å². The number of ether oxygens (including phenoxy) is 2. The van der Waals surface area contributed by atoms with Gasteiger partial charge in [-0.3, -0.25) is 0 Å². The molecule has 1 aromatic rings. The number of benzene rings is 1. The summed E-state index contributed by atoms with van der Waals surface area (Å²) in [6, 6.07) is 3.56. The van der Waals surface area contributed by atoms with E-state index in [-0.39, 0.29) is 23.6 Å². The summed E-state index contributed by atoms with van der Waals surface area (Å²) in [5, 5.41) is 8.84. The molecular weight excluding hydrogens is 299 g/mol. The van der Waals surface area contributed by atoms with Crippen LogP contribution in [-0.4, -0.2) is 18.9 Å². The lowest BCUT2D eigenvalue weighted by molar-refractivity contribution is -0.274. The maximum absolute atomic E-state index is 12.3. The van der Waals surface area contributed by atoms with Crippen LogP contribution in [0.4, 0.5) is 13.2 Å². The molecule has 0 saturated heterocycles. The summed E-state index contributed by atoms with van der Waals surface area (Å²) >= 11 is 5.58. The molecule has 0 atom stereocenters. The van der Waals surface area contributed by atoms with Gasteiger partial charge in [-0.2, -0.15) is 5.26 Å². The topological polar surface area (TPSA) is 59.3 Å². The maximum atomic E-state index is 12.3. The van der Waals surface area contributed by atoms with Crippen LogP contribution < -0.4 is 4.74 Å². The van der Waals surface area contributed by atoms with Crippen molar-refractivity contribution >= 4 is 17.6 Å². The minimum atomic E-state index is -4.99. The van der Waals surface area contributed by atoms with Crippen LogP contribution in [0.2, 0.25) is 0 Å². The second-order valence-corrected chi connectivity index (χ2v) is 3.79. The highest BCUT2D eigenvalue weighted by molar-refractivity contribution is 6.17. The molecule has 1 rings (SSSR count). The van der Waals surface area contributed by atoms with Crippen LogP contribution in [0, 0.1) is 11.3 Å². The molecule has 8 heteroatoms. The van der Waals surface area contributed by atoms with Crippen molar-refractivity contribution in [1.29, 1.82) is 5.26 Å². The first kappa shape index (κ1) is 16.1. The summed E-state index contributed by atoms with van der Waals surface area (Å²) in [5.74, 6) is -1.91. The average Bonchev–Trinajstić information content (AvgIpc) is 2.36. The number of carbonyl (C=O) groups excluding carboxylic acids is 1. The summed E-state index contributed by atoms with van der Waals surface area (Å²) in [7, 11) is 0. The standard InChI is InChI=1S/C12H9ClF3NO3/c1-2-19-11(18)9-3-7(5-13)8(6-17)4-10(9)20-12(14,15)16/h3-4H,2,5H2,1H3. The Morgan fingerprint density at radius 3 is 2.55 bits per heavy atom. The maximum Gasteiger partial charge on any atom is 0.573 e. The number of esters is 1. The molecule has 0 bridgehead atoms. The van der Waals surface area contributed by atoms with Crippen molar-refractivity contribution < 1.29 is 27.4 Å². The van der Waals surface area contributed by atoms with Gasteiger partial charge in [-0.25, -0.2) is 4.79 Å². The van der Waals surface area contributed by atoms with Crippen LogP contribution in [0.1, 0.15) is 28.4 Å². The minimum Gasteiger partial charge on any atom is -0.462 e. The fourth-order valence-corrected chi connectivity index (χ4v) is 1.64. The third-order valence-corrected chi connectivity index (χ3v) is 2.48.